The van der Waals surface area contributed by atoms with Crippen LogP contribution < -0.4 is 5.32 Å². The molecule has 0 spiro atoms. The Morgan fingerprint density at radius 1 is 1.17 bits per heavy atom. The maximum absolute atomic E-state index is 13.2. The molecule has 2 aliphatic rings. The number of piperazine rings is 1. The van der Waals surface area contributed by atoms with Gasteiger partial charge < -0.3 is 10.2 Å². The largest absolute Gasteiger partial charge is 0.338 e. The number of carbonyl (C=O) groups excluding carboxylic acids is 1. The van der Waals surface area contributed by atoms with Crippen molar-refractivity contribution in [3.8, 4) is 0 Å². The van der Waals surface area contributed by atoms with Crippen LogP contribution in [-0.2, 0) is 4.79 Å². The predicted molar refractivity (Wildman–Crippen MR) is 107 cm³/mol. The number of hydrogen-bond donors (Lipinski definition) is 1. The zero-order valence-corrected chi connectivity index (χ0v) is 16.5. The Hall–Kier alpha value is -0.460. The highest BCUT2D eigenvalue weighted by Gasteiger charge is 2.33. The second-order valence-corrected chi connectivity index (χ2v) is 7.33. The molecule has 0 bridgehead atoms. The first-order valence-corrected chi connectivity index (χ1v) is 9.30. The van der Waals surface area contributed by atoms with E-state index in [1.807, 2.05) is 34.9 Å². The summed E-state index contributed by atoms with van der Waals surface area (Å²) in [5.41, 5.74) is 1.13. The first-order chi connectivity index (χ1) is 10.8. The number of rotatable bonds is 3. The molecular weight excluding hydrogens is 365 g/mol. The molecule has 24 heavy (non-hydrogen) atoms. The number of thioether (sulfide) groups is 1. The summed E-state index contributed by atoms with van der Waals surface area (Å²) in [6.07, 6.45) is 0. The molecule has 1 amide bonds. The fraction of sp³-hybridized carbons (Fsp3) is 0.588. The van der Waals surface area contributed by atoms with Gasteiger partial charge in [-0.2, -0.15) is 11.8 Å². The molecule has 136 valence electrons. The lowest BCUT2D eigenvalue weighted by molar-refractivity contribution is -0.138. The predicted octanol–water partition coefficient (Wildman–Crippen LogP) is 2.44. The lowest BCUT2D eigenvalue weighted by atomic mass is 10.0. The molecular formula is C17H27Cl2N3OS. The summed E-state index contributed by atoms with van der Waals surface area (Å²) in [7, 11) is 0. The van der Waals surface area contributed by atoms with Gasteiger partial charge in [0.05, 0.1) is 0 Å². The average Bonchev–Trinajstić information content (AvgIpc) is 2.57. The SMILES string of the molecule is CC1CN(C(=O)C(c2ccccc2)N2CCSCC2)CCN1.Cl.Cl. The zero-order valence-electron chi connectivity index (χ0n) is 14.0. The van der Waals surface area contributed by atoms with E-state index in [9.17, 15) is 4.79 Å². The summed E-state index contributed by atoms with van der Waals surface area (Å²) in [4.78, 5) is 17.6. The number of nitrogens with zero attached hydrogens (tertiary/aromatic N) is 2. The fourth-order valence-corrected chi connectivity index (χ4v) is 4.22. The van der Waals surface area contributed by atoms with Gasteiger partial charge in [0.2, 0.25) is 5.91 Å². The van der Waals surface area contributed by atoms with Crippen LogP contribution in [0.3, 0.4) is 0 Å². The molecule has 0 aromatic heterocycles. The molecule has 1 aromatic carbocycles. The Morgan fingerprint density at radius 3 is 2.46 bits per heavy atom. The van der Waals surface area contributed by atoms with Crippen LogP contribution >= 0.6 is 36.6 Å². The number of benzene rings is 1. The van der Waals surface area contributed by atoms with E-state index in [0.29, 0.717) is 6.04 Å². The van der Waals surface area contributed by atoms with Crippen LogP contribution in [0.4, 0.5) is 0 Å². The Kier molecular flexibility index (Phi) is 9.45. The van der Waals surface area contributed by atoms with Gasteiger partial charge in [0.25, 0.3) is 0 Å². The third-order valence-corrected chi connectivity index (χ3v) is 5.38. The van der Waals surface area contributed by atoms with Gasteiger partial charge in [0.1, 0.15) is 6.04 Å². The Balaban J connectivity index is 0.00000144. The van der Waals surface area contributed by atoms with Gasteiger partial charge in [-0.05, 0) is 12.5 Å². The Bertz CT molecular complexity index is 500. The summed E-state index contributed by atoms with van der Waals surface area (Å²) in [5, 5.41) is 3.41. The van der Waals surface area contributed by atoms with Crippen molar-refractivity contribution in [3.63, 3.8) is 0 Å². The molecule has 2 saturated heterocycles. The van der Waals surface area contributed by atoms with E-state index in [-0.39, 0.29) is 36.8 Å². The zero-order chi connectivity index (χ0) is 15.4. The van der Waals surface area contributed by atoms with E-state index in [1.165, 1.54) is 0 Å². The van der Waals surface area contributed by atoms with Crippen LogP contribution in [-0.4, -0.2) is 66.0 Å². The Labute approximate surface area is 161 Å². The molecule has 0 aliphatic carbocycles. The molecule has 0 radical (unpaired) electrons. The molecule has 3 rings (SSSR count). The van der Waals surface area contributed by atoms with Crippen molar-refractivity contribution in [1.82, 2.24) is 15.1 Å². The van der Waals surface area contributed by atoms with Crippen molar-refractivity contribution in [1.29, 1.82) is 0 Å². The molecule has 7 heteroatoms. The van der Waals surface area contributed by atoms with Gasteiger partial charge in [-0.15, -0.1) is 24.8 Å². The lowest BCUT2D eigenvalue weighted by Crippen LogP contribution is -2.54. The number of hydrogen-bond acceptors (Lipinski definition) is 4. The molecule has 1 N–H and O–H groups in total. The van der Waals surface area contributed by atoms with Gasteiger partial charge in [-0.1, -0.05) is 30.3 Å². The fourth-order valence-electron chi connectivity index (χ4n) is 3.29. The highest BCUT2D eigenvalue weighted by atomic mass is 35.5. The molecule has 2 fully saturated rings. The quantitative estimate of drug-likeness (QED) is 0.857. The molecule has 2 aliphatic heterocycles. The van der Waals surface area contributed by atoms with E-state index in [1.54, 1.807) is 0 Å². The smallest absolute Gasteiger partial charge is 0.244 e. The van der Waals surface area contributed by atoms with E-state index >= 15 is 0 Å². The second-order valence-electron chi connectivity index (χ2n) is 6.10. The molecule has 1 aromatic rings. The first-order valence-electron chi connectivity index (χ1n) is 8.14. The van der Waals surface area contributed by atoms with Crippen molar-refractivity contribution in [2.45, 2.75) is 19.0 Å². The summed E-state index contributed by atoms with van der Waals surface area (Å²) in [6.45, 7) is 6.66. The number of halogens is 2. The summed E-state index contributed by atoms with van der Waals surface area (Å²) in [5.74, 6) is 2.51. The maximum Gasteiger partial charge on any atom is 0.244 e. The van der Waals surface area contributed by atoms with Crippen LogP contribution in [0.1, 0.15) is 18.5 Å². The van der Waals surface area contributed by atoms with E-state index in [4.69, 9.17) is 0 Å². The maximum atomic E-state index is 13.2. The van der Waals surface area contributed by atoms with Crippen LogP contribution in [0.15, 0.2) is 30.3 Å². The number of nitrogens with one attached hydrogen (secondary N) is 1. The highest BCUT2D eigenvalue weighted by molar-refractivity contribution is 7.99. The average molecular weight is 392 g/mol. The first kappa shape index (κ1) is 21.6. The van der Waals surface area contributed by atoms with Gasteiger partial charge in [0.15, 0.2) is 0 Å². The Morgan fingerprint density at radius 2 is 1.83 bits per heavy atom. The van der Waals surface area contributed by atoms with Crippen LogP contribution in [0.2, 0.25) is 0 Å². The second kappa shape index (κ2) is 10.5. The van der Waals surface area contributed by atoms with Crippen molar-refractivity contribution >= 4 is 42.5 Å². The van der Waals surface area contributed by atoms with Gasteiger partial charge in [0, 0.05) is 50.3 Å². The lowest BCUT2D eigenvalue weighted by Gasteiger charge is -2.39. The van der Waals surface area contributed by atoms with E-state index < -0.39 is 0 Å². The molecule has 2 unspecified atom stereocenters. The monoisotopic (exact) mass is 391 g/mol. The summed E-state index contributed by atoms with van der Waals surface area (Å²) < 4.78 is 0. The van der Waals surface area contributed by atoms with E-state index in [0.717, 1.165) is 49.8 Å². The summed E-state index contributed by atoms with van der Waals surface area (Å²) in [6, 6.07) is 10.5. The third kappa shape index (κ3) is 5.27. The minimum Gasteiger partial charge on any atom is -0.338 e. The normalized spacial score (nSPS) is 22.9. The number of carbonyl (C=O) groups is 1. The van der Waals surface area contributed by atoms with Gasteiger partial charge in [-0.3, -0.25) is 9.69 Å². The van der Waals surface area contributed by atoms with Crippen molar-refractivity contribution < 1.29 is 4.79 Å². The molecule has 4 nitrogen and oxygen atoms in total. The topological polar surface area (TPSA) is 35.6 Å². The minimum atomic E-state index is -0.118. The standard InChI is InChI=1S/C17H25N3OS.2ClH/c1-14-13-20(8-7-18-14)17(21)16(15-5-3-2-4-6-15)19-9-11-22-12-10-19;;/h2-6,14,16,18H,7-13H2,1H3;2*1H. The van der Waals surface area contributed by atoms with Crippen molar-refractivity contribution in [3.05, 3.63) is 35.9 Å². The van der Waals surface area contributed by atoms with Crippen LogP contribution in [0.25, 0.3) is 0 Å². The minimum absolute atomic E-state index is 0. The molecule has 2 atom stereocenters. The van der Waals surface area contributed by atoms with Gasteiger partial charge >= 0.3 is 0 Å². The van der Waals surface area contributed by atoms with E-state index in [2.05, 4.69) is 29.3 Å². The van der Waals surface area contributed by atoms with Crippen molar-refractivity contribution in [2.75, 3.05) is 44.2 Å². The number of amides is 1. The molecule has 2 heterocycles. The van der Waals surface area contributed by atoms with Gasteiger partial charge in [-0.25, -0.2) is 0 Å². The van der Waals surface area contributed by atoms with Crippen molar-refractivity contribution in [2.24, 2.45) is 0 Å². The summed E-state index contributed by atoms with van der Waals surface area (Å²) >= 11 is 1.98. The molecule has 0 saturated carbocycles. The van der Waals surface area contributed by atoms with Crippen LogP contribution in [0.5, 0.6) is 0 Å². The highest BCUT2D eigenvalue weighted by Crippen LogP contribution is 2.26. The third-order valence-electron chi connectivity index (χ3n) is 4.44. The van der Waals surface area contributed by atoms with Crippen LogP contribution in [0, 0.1) is 0 Å².